The average molecular weight is 256 g/mol. The van der Waals surface area contributed by atoms with E-state index < -0.39 is 0 Å². The van der Waals surface area contributed by atoms with Gasteiger partial charge >= 0.3 is 0 Å². The zero-order valence-corrected chi connectivity index (χ0v) is 10.7. The molecule has 1 saturated carbocycles. The van der Waals surface area contributed by atoms with Gasteiger partial charge in [-0.2, -0.15) is 5.10 Å². The van der Waals surface area contributed by atoms with Crippen LogP contribution in [-0.4, -0.2) is 19.7 Å². The number of nitrogens with zero attached hydrogens (tertiary/aromatic N) is 3. The van der Waals surface area contributed by atoms with Gasteiger partial charge in [0.2, 0.25) is 0 Å². The third-order valence-corrected chi connectivity index (χ3v) is 3.96. The molecule has 0 unspecified atom stereocenters. The van der Waals surface area contributed by atoms with Crippen LogP contribution >= 0.6 is 0 Å². The highest BCUT2D eigenvalue weighted by atomic mass is 16.3. The second-order valence-electron chi connectivity index (χ2n) is 5.22. The molecule has 0 aliphatic heterocycles. The van der Waals surface area contributed by atoms with Gasteiger partial charge in [0.05, 0.1) is 24.1 Å². The molecule has 98 valence electrons. The van der Waals surface area contributed by atoms with E-state index in [1.54, 1.807) is 12.5 Å². The molecule has 1 fully saturated rings. The number of nitrogens with one attached hydrogen (secondary N) is 1. The Kier molecular flexibility index (Phi) is 2.43. The minimum Gasteiger partial charge on any atom is -0.472 e. The third kappa shape index (κ3) is 1.77. The summed E-state index contributed by atoms with van der Waals surface area (Å²) in [6.45, 7) is 0. The van der Waals surface area contributed by atoms with Gasteiger partial charge in [0.25, 0.3) is 0 Å². The van der Waals surface area contributed by atoms with Crippen molar-refractivity contribution >= 4 is 11.2 Å². The average Bonchev–Trinajstić information content (AvgIpc) is 3.15. The minimum atomic E-state index is 0.506. The molecule has 0 aromatic carbocycles. The number of hydrogen-bond acceptors (Lipinski definition) is 3. The van der Waals surface area contributed by atoms with Crippen molar-refractivity contribution in [3.8, 4) is 11.4 Å². The first-order valence-corrected chi connectivity index (χ1v) is 6.87. The molecular formula is C14H16N4O. The number of H-pyrrole nitrogens is 1. The summed E-state index contributed by atoms with van der Waals surface area (Å²) in [7, 11) is 0. The lowest BCUT2D eigenvalue weighted by Crippen LogP contribution is -2.14. The van der Waals surface area contributed by atoms with Gasteiger partial charge in [0.1, 0.15) is 17.6 Å². The lowest BCUT2D eigenvalue weighted by atomic mass is 9.96. The molecule has 5 heteroatoms. The van der Waals surface area contributed by atoms with Crippen LogP contribution in [0.4, 0.5) is 0 Å². The Labute approximate surface area is 110 Å². The van der Waals surface area contributed by atoms with Gasteiger partial charge in [-0.3, -0.25) is 0 Å². The molecule has 3 aromatic rings. The molecule has 0 bridgehead atoms. The highest BCUT2D eigenvalue weighted by Gasteiger charge is 2.20. The molecular weight excluding hydrogens is 240 g/mol. The Morgan fingerprint density at radius 3 is 2.95 bits per heavy atom. The topological polar surface area (TPSA) is 59.6 Å². The zero-order chi connectivity index (χ0) is 12.7. The fraction of sp³-hybridized carbons (Fsp3) is 0.429. The highest BCUT2D eigenvalue weighted by Crippen LogP contribution is 2.30. The van der Waals surface area contributed by atoms with Gasteiger partial charge < -0.3 is 9.40 Å². The van der Waals surface area contributed by atoms with Crippen LogP contribution in [0.5, 0.6) is 0 Å². The van der Waals surface area contributed by atoms with E-state index >= 15 is 0 Å². The standard InChI is InChI=1S/C14H16N4O/c1-2-4-11(5-3-1)18-14-12(8-15-18)16-13(17-14)10-6-7-19-9-10/h6-9,11H,1-5H2,(H,16,17). The lowest BCUT2D eigenvalue weighted by molar-refractivity contribution is 0.336. The largest absolute Gasteiger partial charge is 0.472 e. The number of fused-ring (bicyclic) bond motifs is 1. The maximum atomic E-state index is 5.11. The van der Waals surface area contributed by atoms with Gasteiger partial charge in [0, 0.05) is 0 Å². The SMILES string of the molecule is c1cc(-c2nc3c(cnn3C3CCCCC3)[nH]2)co1. The number of aromatic amines is 1. The quantitative estimate of drug-likeness (QED) is 0.763. The van der Waals surface area contributed by atoms with Crippen LogP contribution in [0.1, 0.15) is 38.1 Å². The van der Waals surface area contributed by atoms with Gasteiger partial charge in [-0.05, 0) is 18.9 Å². The predicted octanol–water partition coefficient (Wildman–Crippen LogP) is 3.52. The molecule has 3 heterocycles. The van der Waals surface area contributed by atoms with Crippen molar-refractivity contribution in [3.05, 3.63) is 24.8 Å². The minimum absolute atomic E-state index is 0.506. The molecule has 1 N–H and O–H groups in total. The number of imidazole rings is 1. The fourth-order valence-corrected chi connectivity index (χ4v) is 2.95. The van der Waals surface area contributed by atoms with Crippen molar-refractivity contribution < 1.29 is 4.42 Å². The van der Waals surface area contributed by atoms with E-state index in [9.17, 15) is 0 Å². The number of aromatic nitrogens is 4. The van der Waals surface area contributed by atoms with E-state index in [1.165, 1.54) is 32.1 Å². The third-order valence-electron chi connectivity index (χ3n) is 3.96. The van der Waals surface area contributed by atoms with Crippen molar-refractivity contribution in [3.63, 3.8) is 0 Å². The second kappa shape index (κ2) is 4.26. The Balaban J connectivity index is 1.76. The van der Waals surface area contributed by atoms with Crippen LogP contribution in [-0.2, 0) is 0 Å². The maximum Gasteiger partial charge on any atom is 0.177 e. The first kappa shape index (κ1) is 10.8. The Hall–Kier alpha value is -2.04. The number of hydrogen-bond donors (Lipinski definition) is 1. The Bertz CT molecular complexity index is 674. The van der Waals surface area contributed by atoms with Crippen LogP contribution in [0, 0.1) is 0 Å². The summed E-state index contributed by atoms with van der Waals surface area (Å²) in [6.07, 6.45) is 11.6. The summed E-state index contributed by atoms with van der Waals surface area (Å²) in [4.78, 5) is 7.98. The first-order valence-electron chi connectivity index (χ1n) is 6.87. The molecule has 3 aromatic heterocycles. The zero-order valence-electron chi connectivity index (χ0n) is 10.7. The van der Waals surface area contributed by atoms with Gasteiger partial charge in [-0.1, -0.05) is 19.3 Å². The predicted molar refractivity (Wildman–Crippen MR) is 71.7 cm³/mol. The van der Waals surface area contributed by atoms with Crippen molar-refractivity contribution in [2.75, 3.05) is 0 Å². The molecule has 0 spiro atoms. The number of furan rings is 1. The van der Waals surface area contributed by atoms with Gasteiger partial charge in [-0.15, -0.1) is 0 Å². The molecule has 0 saturated heterocycles. The molecule has 19 heavy (non-hydrogen) atoms. The summed E-state index contributed by atoms with van der Waals surface area (Å²) in [5.74, 6) is 0.853. The number of rotatable bonds is 2. The van der Waals surface area contributed by atoms with Crippen LogP contribution in [0.15, 0.2) is 29.2 Å². The summed E-state index contributed by atoms with van der Waals surface area (Å²) in [5, 5.41) is 4.50. The molecule has 1 aliphatic carbocycles. The van der Waals surface area contributed by atoms with Crippen LogP contribution in [0.25, 0.3) is 22.6 Å². The molecule has 0 radical (unpaired) electrons. The van der Waals surface area contributed by atoms with Gasteiger partial charge in [-0.25, -0.2) is 9.67 Å². The second-order valence-corrected chi connectivity index (χ2v) is 5.22. The van der Waals surface area contributed by atoms with Crippen molar-refractivity contribution in [2.24, 2.45) is 0 Å². The van der Waals surface area contributed by atoms with Crippen molar-refractivity contribution in [2.45, 2.75) is 38.1 Å². The van der Waals surface area contributed by atoms with Crippen LogP contribution in [0.2, 0.25) is 0 Å². The summed E-state index contributed by atoms with van der Waals surface area (Å²) in [5.41, 5.74) is 2.94. The van der Waals surface area contributed by atoms with Crippen LogP contribution in [0.3, 0.4) is 0 Å². The lowest BCUT2D eigenvalue weighted by Gasteiger charge is -2.21. The highest BCUT2D eigenvalue weighted by molar-refractivity contribution is 5.75. The molecule has 4 rings (SSSR count). The summed E-state index contributed by atoms with van der Waals surface area (Å²) in [6, 6.07) is 2.42. The monoisotopic (exact) mass is 256 g/mol. The smallest absolute Gasteiger partial charge is 0.177 e. The van der Waals surface area contributed by atoms with Gasteiger partial charge in [0.15, 0.2) is 5.65 Å². The Morgan fingerprint density at radius 2 is 2.16 bits per heavy atom. The first-order chi connectivity index (χ1) is 9.42. The molecule has 1 aliphatic rings. The Morgan fingerprint density at radius 1 is 1.26 bits per heavy atom. The van der Waals surface area contributed by atoms with E-state index in [4.69, 9.17) is 4.42 Å². The molecule has 0 amide bonds. The fourth-order valence-electron chi connectivity index (χ4n) is 2.95. The van der Waals surface area contributed by atoms with E-state index in [0.717, 1.165) is 22.6 Å². The van der Waals surface area contributed by atoms with Crippen LogP contribution < -0.4 is 0 Å². The van der Waals surface area contributed by atoms with E-state index in [-0.39, 0.29) is 0 Å². The summed E-state index contributed by atoms with van der Waals surface area (Å²) >= 11 is 0. The molecule has 5 nitrogen and oxygen atoms in total. The normalized spacial score (nSPS) is 17.3. The summed E-state index contributed by atoms with van der Waals surface area (Å²) < 4.78 is 7.20. The van der Waals surface area contributed by atoms with E-state index in [0.29, 0.717) is 6.04 Å². The van der Waals surface area contributed by atoms with E-state index in [1.807, 2.05) is 12.3 Å². The van der Waals surface area contributed by atoms with Crippen molar-refractivity contribution in [1.29, 1.82) is 0 Å². The van der Waals surface area contributed by atoms with E-state index in [2.05, 4.69) is 19.7 Å². The maximum absolute atomic E-state index is 5.11. The molecule has 0 atom stereocenters. The van der Waals surface area contributed by atoms with Crippen molar-refractivity contribution in [1.82, 2.24) is 19.7 Å².